The summed E-state index contributed by atoms with van der Waals surface area (Å²) >= 11 is 0. The second kappa shape index (κ2) is 3.98. The van der Waals surface area contributed by atoms with E-state index in [2.05, 4.69) is 13.6 Å². The molecule has 2 rings (SSSR count). The van der Waals surface area contributed by atoms with Gasteiger partial charge in [0, 0.05) is 0 Å². The van der Waals surface area contributed by atoms with Crippen molar-refractivity contribution in [2.24, 2.45) is 0 Å². The molecule has 0 spiro atoms. The quantitative estimate of drug-likeness (QED) is 0.566. The summed E-state index contributed by atoms with van der Waals surface area (Å²) in [6.07, 6.45) is -5.99. The number of hydrogen-bond acceptors (Lipinski definition) is 3. The zero-order valence-electron chi connectivity index (χ0n) is 8.75. The summed E-state index contributed by atoms with van der Waals surface area (Å²) in [5.74, 6) is 0. The van der Waals surface area contributed by atoms with E-state index in [4.69, 9.17) is 0 Å². The third kappa shape index (κ3) is 3.05. The Balaban J connectivity index is 2.03. The van der Waals surface area contributed by atoms with Gasteiger partial charge in [0.05, 0.1) is 0 Å². The molecule has 2 fully saturated rings. The van der Waals surface area contributed by atoms with E-state index in [1.165, 1.54) is 0 Å². The van der Waals surface area contributed by atoms with Gasteiger partial charge in [0.25, 0.3) is 0 Å². The van der Waals surface area contributed by atoms with Gasteiger partial charge in [0.1, 0.15) is 0 Å². The van der Waals surface area contributed by atoms with Crippen LogP contribution in [0, 0.1) is 0 Å². The van der Waals surface area contributed by atoms with Crippen molar-refractivity contribution in [2.45, 2.75) is 44.1 Å². The normalized spacial score (nSPS) is 35.6. The fraction of sp³-hybridized carbons (Fsp3) is 1.00. The second-order valence-corrected chi connectivity index (χ2v) is 6.23. The Morgan fingerprint density at radius 1 is 1.12 bits per heavy atom. The van der Waals surface area contributed by atoms with Gasteiger partial charge in [-0.25, -0.2) is 0 Å². The Kier molecular flexibility index (Phi) is 3.14. The van der Waals surface area contributed by atoms with E-state index in [9.17, 15) is 21.6 Å². The average Bonchev–Trinajstić information content (AvgIpc) is 2.72. The van der Waals surface area contributed by atoms with Gasteiger partial charge in [-0.15, -0.1) is 0 Å². The van der Waals surface area contributed by atoms with Gasteiger partial charge in [-0.3, -0.25) is 0 Å². The molecule has 0 aromatic carbocycles. The molecule has 3 nitrogen and oxygen atoms in total. The molecule has 0 aromatic rings. The monoisotopic (exact) mass is 282 g/mol. The van der Waals surface area contributed by atoms with Crippen LogP contribution < -0.4 is 0 Å². The Morgan fingerprint density at radius 2 is 1.71 bits per heavy atom. The van der Waals surface area contributed by atoms with Crippen molar-refractivity contribution in [3.63, 3.8) is 0 Å². The fourth-order valence-electron chi connectivity index (χ4n) is 1.88. The average molecular weight is 282 g/mol. The molecule has 1 aliphatic carbocycles. The third-order valence-electron chi connectivity index (χ3n) is 2.70. The first-order valence-corrected chi connectivity index (χ1v) is 7.00. The van der Waals surface area contributed by atoms with Crippen LogP contribution >= 0.6 is 7.91 Å². The number of alkyl halides is 3. The maximum atomic E-state index is 13.7. The SMILES string of the molecule is FC(F)(F)C1COP(F)(F)(OC2CCCC2)O1. The summed E-state index contributed by atoms with van der Waals surface area (Å²) in [5.41, 5.74) is 0. The van der Waals surface area contributed by atoms with Crippen molar-refractivity contribution in [2.75, 3.05) is 6.61 Å². The summed E-state index contributed by atoms with van der Waals surface area (Å²) in [6.45, 7) is -1.21. The van der Waals surface area contributed by atoms with Crippen LogP contribution in [-0.2, 0) is 13.6 Å². The Bertz CT molecular complexity index is 302. The van der Waals surface area contributed by atoms with Gasteiger partial charge in [0.2, 0.25) is 0 Å². The third-order valence-corrected chi connectivity index (χ3v) is 4.47. The van der Waals surface area contributed by atoms with Crippen LogP contribution in [-0.4, -0.2) is 25.0 Å². The van der Waals surface area contributed by atoms with Gasteiger partial charge >= 0.3 is 93.7 Å². The van der Waals surface area contributed by atoms with E-state index in [-0.39, 0.29) is 0 Å². The minimum absolute atomic E-state index is 0.398. The standard InChI is InChI=1S/C8H12F5O3P/c9-8(10,11)7-5-14-17(12,13,16-7)15-6-3-1-2-4-6/h6-7H,1-5H2. The fourth-order valence-corrected chi connectivity index (χ4v) is 3.68. The molecule has 0 amide bonds. The molecule has 1 unspecified atom stereocenters. The molecule has 1 aliphatic heterocycles. The van der Waals surface area contributed by atoms with Crippen molar-refractivity contribution in [1.82, 2.24) is 0 Å². The molecule has 0 N–H and O–H groups in total. The Morgan fingerprint density at radius 3 is 2.18 bits per heavy atom. The first-order valence-electron chi connectivity index (χ1n) is 5.23. The zero-order chi connectivity index (χ0) is 12.8. The van der Waals surface area contributed by atoms with Crippen LogP contribution in [0.2, 0.25) is 0 Å². The van der Waals surface area contributed by atoms with Gasteiger partial charge in [-0.2, -0.15) is 0 Å². The molecule has 17 heavy (non-hydrogen) atoms. The molecular weight excluding hydrogens is 270 g/mol. The Hall–Kier alpha value is -0.0400. The first kappa shape index (κ1) is 13.4. The molecule has 0 radical (unpaired) electrons. The van der Waals surface area contributed by atoms with Crippen LogP contribution in [0.4, 0.5) is 21.6 Å². The van der Waals surface area contributed by atoms with E-state index in [1.807, 2.05) is 0 Å². The van der Waals surface area contributed by atoms with Crippen LogP contribution in [0.3, 0.4) is 0 Å². The van der Waals surface area contributed by atoms with Crippen LogP contribution in [0.5, 0.6) is 0 Å². The molecule has 1 heterocycles. The van der Waals surface area contributed by atoms with Crippen molar-refractivity contribution in [3.8, 4) is 0 Å². The first-order chi connectivity index (χ1) is 7.67. The number of halogens is 5. The second-order valence-electron chi connectivity index (χ2n) is 4.14. The molecule has 1 saturated heterocycles. The number of hydrogen-bond donors (Lipinski definition) is 0. The summed E-state index contributed by atoms with van der Waals surface area (Å²) in [6, 6.07) is 0. The van der Waals surface area contributed by atoms with Gasteiger partial charge < -0.3 is 0 Å². The van der Waals surface area contributed by atoms with Crippen LogP contribution in [0.15, 0.2) is 0 Å². The molecular formula is C8H12F5O3P. The van der Waals surface area contributed by atoms with E-state index in [0.717, 1.165) is 12.8 Å². The van der Waals surface area contributed by atoms with Gasteiger partial charge in [0.15, 0.2) is 0 Å². The van der Waals surface area contributed by atoms with Crippen molar-refractivity contribution in [3.05, 3.63) is 0 Å². The van der Waals surface area contributed by atoms with Gasteiger partial charge in [-0.1, -0.05) is 0 Å². The summed E-state index contributed by atoms with van der Waals surface area (Å²) in [4.78, 5) is 0. The van der Waals surface area contributed by atoms with Crippen molar-refractivity contribution >= 4 is 7.91 Å². The van der Waals surface area contributed by atoms with Crippen LogP contribution in [0.1, 0.15) is 25.7 Å². The number of rotatable bonds is 2. The topological polar surface area (TPSA) is 27.7 Å². The summed E-state index contributed by atoms with van der Waals surface area (Å²) < 4.78 is 76.3. The van der Waals surface area contributed by atoms with Crippen molar-refractivity contribution in [1.29, 1.82) is 0 Å². The van der Waals surface area contributed by atoms with E-state index < -0.39 is 32.9 Å². The molecule has 1 saturated carbocycles. The zero-order valence-corrected chi connectivity index (χ0v) is 9.65. The Labute approximate surface area is 94.6 Å². The predicted molar refractivity (Wildman–Crippen MR) is 49.4 cm³/mol. The minimum atomic E-state index is -6.52. The predicted octanol–water partition coefficient (Wildman–Crippen LogP) is 3.99. The molecule has 102 valence electrons. The van der Waals surface area contributed by atoms with Gasteiger partial charge in [-0.05, 0) is 0 Å². The maximum absolute atomic E-state index is 13.7. The summed E-state index contributed by atoms with van der Waals surface area (Å²) in [5, 5.41) is 0. The van der Waals surface area contributed by atoms with E-state index in [0.29, 0.717) is 12.8 Å². The molecule has 0 aromatic heterocycles. The summed E-state index contributed by atoms with van der Waals surface area (Å²) in [7, 11) is -6.52. The molecule has 1 atom stereocenters. The van der Waals surface area contributed by atoms with Crippen molar-refractivity contribution < 1.29 is 35.1 Å². The van der Waals surface area contributed by atoms with Crippen LogP contribution in [0.25, 0.3) is 0 Å². The molecule has 0 bridgehead atoms. The molecule has 9 heteroatoms. The molecule has 2 aliphatic rings. The van der Waals surface area contributed by atoms with E-state index >= 15 is 0 Å². The van der Waals surface area contributed by atoms with E-state index in [1.54, 1.807) is 0 Å².